The van der Waals surface area contributed by atoms with Gasteiger partial charge < -0.3 is 10.6 Å². The second-order valence-corrected chi connectivity index (χ2v) is 1.64. The zero-order chi connectivity index (χ0) is 8.69. The van der Waals surface area contributed by atoms with Crippen molar-refractivity contribution in [2.24, 2.45) is 11.6 Å². The largest absolute Gasteiger partial charge is 0.349 e. The fourth-order valence-corrected chi connectivity index (χ4v) is 0.332. The summed E-state index contributed by atoms with van der Waals surface area (Å²) in [7, 11) is 0. The monoisotopic (exact) mass is 162 g/mol. The standard InChI is InChI=1S/C4H10N4O3/c5-4(10)8-11-3(9)1-2-7-6/h7H,1-2,6H2,(H3,5,8,10). The van der Waals surface area contributed by atoms with Crippen molar-refractivity contribution >= 4 is 12.0 Å². The first-order valence-corrected chi connectivity index (χ1v) is 2.85. The lowest BCUT2D eigenvalue weighted by Gasteiger charge is -2.01. The fourth-order valence-electron chi connectivity index (χ4n) is 0.332. The van der Waals surface area contributed by atoms with E-state index in [9.17, 15) is 9.59 Å². The average Bonchev–Trinajstić information content (AvgIpc) is 1.97. The predicted octanol–water partition coefficient (Wildman–Crippen LogP) is -2.03. The molecule has 0 heterocycles. The summed E-state index contributed by atoms with van der Waals surface area (Å²) < 4.78 is 0. The number of hydroxylamine groups is 1. The van der Waals surface area contributed by atoms with Crippen LogP contribution in [0.1, 0.15) is 6.42 Å². The van der Waals surface area contributed by atoms with E-state index in [1.165, 1.54) is 0 Å². The third-order valence-electron chi connectivity index (χ3n) is 0.739. The molecule has 6 N–H and O–H groups in total. The van der Waals surface area contributed by atoms with Crippen LogP contribution < -0.4 is 22.5 Å². The number of primary amides is 1. The summed E-state index contributed by atoms with van der Waals surface area (Å²) in [5, 5.41) is 0. The summed E-state index contributed by atoms with van der Waals surface area (Å²) in [4.78, 5) is 24.6. The Hall–Kier alpha value is -1.34. The Labute approximate surface area is 63.0 Å². The van der Waals surface area contributed by atoms with Crippen LogP contribution in [0.3, 0.4) is 0 Å². The van der Waals surface area contributed by atoms with Crippen molar-refractivity contribution in [3.05, 3.63) is 0 Å². The summed E-state index contributed by atoms with van der Waals surface area (Å²) in [6.07, 6.45) is 0.0663. The Bertz CT molecular complexity index is 148. The van der Waals surface area contributed by atoms with Gasteiger partial charge in [-0.3, -0.25) is 11.3 Å². The van der Waals surface area contributed by atoms with Crippen LogP contribution in [0.5, 0.6) is 0 Å². The molecule has 0 rings (SSSR count). The molecule has 0 spiro atoms. The van der Waals surface area contributed by atoms with Crippen LogP contribution in [0.25, 0.3) is 0 Å². The number of hydrogen-bond acceptors (Lipinski definition) is 5. The number of hydrogen-bond donors (Lipinski definition) is 4. The molecular formula is C4H10N4O3. The minimum absolute atomic E-state index is 0.0663. The maximum absolute atomic E-state index is 10.5. The van der Waals surface area contributed by atoms with Gasteiger partial charge in [0.15, 0.2) is 0 Å². The smallest absolute Gasteiger partial charge is 0.345 e. The highest BCUT2D eigenvalue weighted by atomic mass is 16.7. The molecule has 0 aromatic rings. The van der Waals surface area contributed by atoms with E-state index in [0.29, 0.717) is 0 Å². The van der Waals surface area contributed by atoms with Crippen molar-refractivity contribution in [1.29, 1.82) is 0 Å². The Morgan fingerprint density at radius 3 is 2.55 bits per heavy atom. The maximum atomic E-state index is 10.5. The van der Waals surface area contributed by atoms with Gasteiger partial charge in [0.2, 0.25) is 0 Å². The van der Waals surface area contributed by atoms with Gasteiger partial charge in [-0.15, -0.1) is 0 Å². The summed E-state index contributed by atoms with van der Waals surface area (Å²) >= 11 is 0. The van der Waals surface area contributed by atoms with Crippen molar-refractivity contribution in [3.63, 3.8) is 0 Å². The van der Waals surface area contributed by atoms with Gasteiger partial charge in [-0.05, 0) is 0 Å². The second-order valence-electron chi connectivity index (χ2n) is 1.64. The van der Waals surface area contributed by atoms with Gasteiger partial charge >= 0.3 is 12.0 Å². The average molecular weight is 162 g/mol. The summed E-state index contributed by atoms with van der Waals surface area (Å²) in [5.41, 5.74) is 8.52. The molecule has 0 fully saturated rings. The predicted molar refractivity (Wildman–Crippen MR) is 35.6 cm³/mol. The summed E-state index contributed by atoms with van der Waals surface area (Å²) in [5.74, 6) is 4.25. The number of carbonyl (C=O) groups is 2. The molecule has 7 nitrogen and oxygen atoms in total. The molecule has 0 aliphatic carbocycles. The number of nitrogens with one attached hydrogen (secondary N) is 2. The van der Waals surface area contributed by atoms with E-state index in [2.05, 4.69) is 16.0 Å². The van der Waals surface area contributed by atoms with Gasteiger partial charge in [0.05, 0.1) is 6.42 Å². The van der Waals surface area contributed by atoms with Crippen LogP contribution in [0.15, 0.2) is 0 Å². The van der Waals surface area contributed by atoms with Crippen molar-refractivity contribution in [1.82, 2.24) is 10.9 Å². The zero-order valence-corrected chi connectivity index (χ0v) is 5.79. The van der Waals surface area contributed by atoms with Gasteiger partial charge in [0.25, 0.3) is 0 Å². The highest BCUT2D eigenvalue weighted by Gasteiger charge is 2.02. The third-order valence-corrected chi connectivity index (χ3v) is 0.739. The molecule has 0 aliphatic rings. The van der Waals surface area contributed by atoms with E-state index in [4.69, 9.17) is 5.84 Å². The Morgan fingerprint density at radius 2 is 2.09 bits per heavy atom. The van der Waals surface area contributed by atoms with E-state index in [1.807, 2.05) is 0 Å². The molecule has 0 unspecified atom stereocenters. The molecule has 0 bridgehead atoms. The first kappa shape index (κ1) is 9.66. The van der Waals surface area contributed by atoms with E-state index in [0.717, 1.165) is 0 Å². The van der Waals surface area contributed by atoms with Crippen LogP contribution in [0, 0.1) is 0 Å². The van der Waals surface area contributed by atoms with Crippen molar-refractivity contribution in [2.75, 3.05) is 6.54 Å². The van der Waals surface area contributed by atoms with Crippen LogP contribution in [0.4, 0.5) is 4.79 Å². The molecule has 0 aliphatic heterocycles. The van der Waals surface area contributed by atoms with Crippen molar-refractivity contribution in [3.8, 4) is 0 Å². The van der Waals surface area contributed by atoms with Crippen molar-refractivity contribution < 1.29 is 14.4 Å². The van der Waals surface area contributed by atoms with E-state index in [-0.39, 0.29) is 13.0 Å². The van der Waals surface area contributed by atoms with E-state index in [1.54, 1.807) is 5.48 Å². The molecule has 7 heteroatoms. The third kappa shape index (κ3) is 6.55. The first-order valence-electron chi connectivity index (χ1n) is 2.85. The molecule has 0 saturated heterocycles. The topological polar surface area (TPSA) is 119 Å². The molecule has 11 heavy (non-hydrogen) atoms. The zero-order valence-electron chi connectivity index (χ0n) is 5.79. The molecule has 0 aromatic carbocycles. The number of nitrogens with two attached hydrogens (primary N) is 2. The molecule has 64 valence electrons. The maximum Gasteiger partial charge on any atom is 0.345 e. The van der Waals surface area contributed by atoms with Gasteiger partial charge in [0, 0.05) is 6.54 Å². The summed E-state index contributed by atoms with van der Waals surface area (Å²) in [6, 6.07) is -0.918. The lowest BCUT2D eigenvalue weighted by Crippen LogP contribution is -2.33. The number of urea groups is 1. The van der Waals surface area contributed by atoms with Crippen LogP contribution in [0.2, 0.25) is 0 Å². The molecule has 0 radical (unpaired) electrons. The van der Waals surface area contributed by atoms with Gasteiger partial charge in [-0.25, -0.2) is 9.59 Å². The van der Waals surface area contributed by atoms with Crippen molar-refractivity contribution in [2.45, 2.75) is 6.42 Å². The van der Waals surface area contributed by atoms with Crippen LogP contribution >= 0.6 is 0 Å². The van der Waals surface area contributed by atoms with Crippen LogP contribution in [-0.4, -0.2) is 18.5 Å². The number of amides is 2. The SMILES string of the molecule is NNCCC(=O)ONC(N)=O. The lowest BCUT2D eigenvalue weighted by molar-refractivity contribution is -0.148. The van der Waals surface area contributed by atoms with E-state index >= 15 is 0 Å². The molecule has 0 aromatic heterocycles. The fraction of sp³-hybridized carbons (Fsp3) is 0.500. The van der Waals surface area contributed by atoms with Gasteiger partial charge in [-0.2, -0.15) is 5.48 Å². The number of hydrazine groups is 1. The quantitative estimate of drug-likeness (QED) is 0.281. The Kier molecular flexibility index (Phi) is 4.78. The Balaban J connectivity index is 3.30. The lowest BCUT2D eigenvalue weighted by atomic mass is 10.4. The molecule has 2 amide bonds. The molecule has 0 saturated carbocycles. The minimum atomic E-state index is -0.918. The van der Waals surface area contributed by atoms with Gasteiger partial charge in [-0.1, -0.05) is 0 Å². The number of carbonyl (C=O) groups excluding carboxylic acids is 2. The van der Waals surface area contributed by atoms with Gasteiger partial charge in [0.1, 0.15) is 0 Å². The highest BCUT2D eigenvalue weighted by molar-refractivity contribution is 5.75. The molecular weight excluding hydrogens is 152 g/mol. The molecule has 0 atom stereocenters. The highest BCUT2D eigenvalue weighted by Crippen LogP contribution is 1.79. The van der Waals surface area contributed by atoms with E-state index < -0.39 is 12.0 Å². The first-order chi connectivity index (χ1) is 5.16. The normalized spacial score (nSPS) is 8.82. The Morgan fingerprint density at radius 1 is 1.45 bits per heavy atom. The summed E-state index contributed by atoms with van der Waals surface area (Å²) in [6.45, 7) is 0.277. The number of rotatable bonds is 3. The van der Waals surface area contributed by atoms with Crippen LogP contribution in [-0.2, 0) is 9.63 Å². The minimum Gasteiger partial charge on any atom is -0.349 e. The second kappa shape index (κ2) is 5.45.